The second-order valence-corrected chi connectivity index (χ2v) is 6.82. The Kier molecular flexibility index (Phi) is 4.92. The average molecular weight is 383 g/mol. The van der Waals surface area contributed by atoms with Crippen LogP contribution in [0.25, 0.3) is 16.6 Å². The Morgan fingerprint density at radius 3 is 2.79 bits per heavy atom. The minimum atomic E-state index is -0.794. The summed E-state index contributed by atoms with van der Waals surface area (Å²) in [7, 11) is 1.61. The molecule has 0 aliphatic carbocycles. The third-order valence-corrected chi connectivity index (χ3v) is 5.09. The molecule has 6 nitrogen and oxygen atoms in total. The lowest BCUT2D eigenvalue weighted by Gasteiger charge is -2.25. The Morgan fingerprint density at radius 1 is 1.29 bits per heavy atom. The molecule has 2 heterocycles. The molecule has 1 fully saturated rings. The van der Waals surface area contributed by atoms with E-state index in [-0.39, 0.29) is 11.6 Å². The number of amides is 1. The number of benzene rings is 2. The number of carbonyl (C=O) groups is 1. The highest BCUT2D eigenvalue weighted by molar-refractivity contribution is 5.99. The molecule has 0 saturated carbocycles. The van der Waals surface area contributed by atoms with E-state index in [0.717, 1.165) is 29.5 Å². The van der Waals surface area contributed by atoms with E-state index >= 15 is 0 Å². The number of nitrogens with zero attached hydrogens (tertiary/aromatic N) is 1. The number of halogens is 1. The number of anilines is 1. The van der Waals surface area contributed by atoms with Gasteiger partial charge in [0.1, 0.15) is 11.6 Å². The number of aromatic nitrogens is 1. The maximum Gasteiger partial charge on any atom is 0.253 e. The molecule has 1 amide bonds. The second-order valence-electron chi connectivity index (χ2n) is 6.82. The highest BCUT2D eigenvalue weighted by Gasteiger charge is 2.21. The molecule has 2 aromatic carbocycles. The first-order valence-electron chi connectivity index (χ1n) is 9.20. The number of fused-ring (bicyclic) bond motifs is 1. The lowest BCUT2D eigenvalue weighted by atomic mass is 10.1. The molecule has 0 spiro atoms. The van der Waals surface area contributed by atoms with E-state index in [0.29, 0.717) is 24.6 Å². The third kappa shape index (κ3) is 3.29. The van der Waals surface area contributed by atoms with Gasteiger partial charge in [-0.25, -0.2) is 4.39 Å². The van der Waals surface area contributed by atoms with Gasteiger partial charge in [-0.1, -0.05) is 6.07 Å². The number of primary amides is 1. The van der Waals surface area contributed by atoms with E-state index in [9.17, 15) is 9.18 Å². The van der Waals surface area contributed by atoms with E-state index < -0.39 is 11.7 Å². The van der Waals surface area contributed by atoms with Gasteiger partial charge in [0, 0.05) is 30.8 Å². The number of rotatable bonds is 5. The first-order valence-corrected chi connectivity index (χ1v) is 9.20. The van der Waals surface area contributed by atoms with Crippen molar-refractivity contribution in [3.05, 3.63) is 54.0 Å². The molecule has 7 heteroatoms. The Morgan fingerprint density at radius 2 is 2.07 bits per heavy atom. The summed E-state index contributed by atoms with van der Waals surface area (Å²) < 4.78 is 27.5. The molecular formula is C21H22FN3O3. The summed E-state index contributed by atoms with van der Waals surface area (Å²) in [5.74, 6) is -0.701. The Balaban J connectivity index is 1.81. The predicted molar refractivity (Wildman–Crippen MR) is 106 cm³/mol. The van der Waals surface area contributed by atoms with Gasteiger partial charge in [-0.3, -0.25) is 4.79 Å². The number of nitrogens with two attached hydrogens (primary N) is 1. The van der Waals surface area contributed by atoms with E-state index in [1.165, 1.54) is 6.07 Å². The molecule has 3 aromatic rings. The van der Waals surface area contributed by atoms with E-state index in [4.69, 9.17) is 15.2 Å². The quantitative estimate of drug-likeness (QED) is 0.707. The number of hydrogen-bond acceptors (Lipinski definition) is 4. The molecule has 4 rings (SSSR count). The molecule has 1 aliphatic rings. The summed E-state index contributed by atoms with van der Waals surface area (Å²) in [6, 6.07) is 10.8. The van der Waals surface area contributed by atoms with Crippen molar-refractivity contribution in [3.63, 3.8) is 0 Å². The van der Waals surface area contributed by atoms with Gasteiger partial charge in [-0.05, 0) is 43.2 Å². The fourth-order valence-corrected chi connectivity index (χ4v) is 3.70. The highest BCUT2D eigenvalue weighted by Crippen LogP contribution is 2.31. The van der Waals surface area contributed by atoms with Crippen LogP contribution in [0.3, 0.4) is 0 Å². The molecule has 3 N–H and O–H groups in total. The van der Waals surface area contributed by atoms with Crippen LogP contribution in [0.2, 0.25) is 0 Å². The SMILES string of the molecule is COc1cccc2c1ccn2-c1cc(F)c(C(N)=O)c(NC2CCOCC2)c1. The summed E-state index contributed by atoms with van der Waals surface area (Å²) in [4.78, 5) is 11.9. The first kappa shape index (κ1) is 18.3. The van der Waals surface area contributed by atoms with Gasteiger partial charge < -0.3 is 25.1 Å². The molecule has 0 atom stereocenters. The highest BCUT2D eigenvalue weighted by atomic mass is 19.1. The predicted octanol–water partition coefficient (Wildman–Crippen LogP) is 3.47. The lowest BCUT2D eigenvalue weighted by Crippen LogP contribution is -2.29. The van der Waals surface area contributed by atoms with Crippen LogP contribution in [0.15, 0.2) is 42.6 Å². The Bertz CT molecular complexity index is 1030. The maximum absolute atomic E-state index is 14.8. The molecular weight excluding hydrogens is 361 g/mol. The molecule has 1 aliphatic heterocycles. The smallest absolute Gasteiger partial charge is 0.253 e. The summed E-state index contributed by atoms with van der Waals surface area (Å²) in [5, 5.41) is 4.21. The van der Waals surface area contributed by atoms with Gasteiger partial charge in [0.2, 0.25) is 0 Å². The van der Waals surface area contributed by atoms with Crippen molar-refractivity contribution in [2.45, 2.75) is 18.9 Å². The van der Waals surface area contributed by atoms with Gasteiger partial charge in [0.05, 0.1) is 29.6 Å². The normalized spacial score (nSPS) is 14.9. The topological polar surface area (TPSA) is 78.5 Å². The second kappa shape index (κ2) is 7.52. The zero-order valence-corrected chi connectivity index (χ0v) is 15.6. The largest absolute Gasteiger partial charge is 0.496 e. The Hall–Kier alpha value is -3.06. The zero-order valence-electron chi connectivity index (χ0n) is 15.6. The molecule has 0 bridgehead atoms. The van der Waals surface area contributed by atoms with Gasteiger partial charge >= 0.3 is 0 Å². The molecule has 146 valence electrons. The van der Waals surface area contributed by atoms with Crippen LogP contribution in [0.1, 0.15) is 23.2 Å². The fourth-order valence-electron chi connectivity index (χ4n) is 3.70. The fraction of sp³-hybridized carbons (Fsp3) is 0.286. The monoisotopic (exact) mass is 383 g/mol. The van der Waals surface area contributed by atoms with Gasteiger partial charge in [0.25, 0.3) is 5.91 Å². The molecule has 0 radical (unpaired) electrons. The van der Waals surface area contributed by atoms with Crippen molar-refractivity contribution < 1.29 is 18.7 Å². The van der Waals surface area contributed by atoms with E-state index in [1.807, 2.05) is 35.0 Å². The van der Waals surface area contributed by atoms with Crippen molar-refractivity contribution in [2.75, 3.05) is 25.6 Å². The maximum atomic E-state index is 14.8. The molecule has 0 unspecified atom stereocenters. The van der Waals surface area contributed by atoms with Crippen molar-refractivity contribution in [3.8, 4) is 11.4 Å². The van der Waals surface area contributed by atoms with Crippen molar-refractivity contribution in [1.29, 1.82) is 0 Å². The molecule has 1 saturated heterocycles. The third-order valence-electron chi connectivity index (χ3n) is 5.09. The molecule has 28 heavy (non-hydrogen) atoms. The number of carbonyl (C=O) groups excluding carboxylic acids is 1. The van der Waals surface area contributed by atoms with Crippen LogP contribution in [0.4, 0.5) is 10.1 Å². The van der Waals surface area contributed by atoms with Crippen LogP contribution in [0.5, 0.6) is 5.75 Å². The zero-order chi connectivity index (χ0) is 19.7. The average Bonchev–Trinajstić information content (AvgIpc) is 3.12. The van der Waals surface area contributed by atoms with Crippen LogP contribution in [0, 0.1) is 5.82 Å². The number of ether oxygens (including phenoxy) is 2. The van der Waals surface area contributed by atoms with Gasteiger partial charge in [-0.2, -0.15) is 0 Å². The van der Waals surface area contributed by atoms with Crippen LogP contribution < -0.4 is 15.8 Å². The summed E-state index contributed by atoms with van der Waals surface area (Å²) in [5.41, 5.74) is 7.21. The summed E-state index contributed by atoms with van der Waals surface area (Å²) in [6.45, 7) is 1.27. The minimum Gasteiger partial charge on any atom is -0.496 e. The van der Waals surface area contributed by atoms with Gasteiger partial charge in [0.15, 0.2) is 0 Å². The number of nitrogens with one attached hydrogen (secondary N) is 1. The molecule has 1 aromatic heterocycles. The van der Waals surface area contributed by atoms with Crippen LogP contribution in [-0.2, 0) is 4.74 Å². The Labute approximate surface area is 162 Å². The summed E-state index contributed by atoms with van der Waals surface area (Å²) in [6.07, 6.45) is 3.42. The van der Waals surface area contributed by atoms with Crippen LogP contribution in [-0.4, -0.2) is 36.8 Å². The van der Waals surface area contributed by atoms with Crippen LogP contribution >= 0.6 is 0 Å². The van der Waals surface area contributed by atoms with E-state index in [1.54, 1.807) is 13.2 Å². The van der Waals surface area contributed by atoms with Crippen molar-refractivity contribution in [1.82, 2.24) is 4.57 Å². The lowest BCUT2D eigenvalue weighted by molar-refractivity contribution is 0.0904. The van der Waals surface area contributed by atoms with Gasteiger partial charge in [-0.15, -0.1) is 0 Å². The van der Waals surface area contributed by atoms with E-state index in [2.05, 4.69) is 5.32 Å². The number of methoxy groups -OCH3 is 1. The van der Waals surface area contributed by atoms with Crippen molar-refractivity contribution in [2.24, 2.45) is 5.73 Å². The summed E-state index contributed by atoms with van der Waals surface area (Å²) >= 11 is 0. The number of hydrogen-bond donors (Lipinski definition) is 2. The minimum absolute atomic E-state index is 0.100. The first-order chi connectivity index (χ1) is 13.6. The van der Waals surface area contributed by atoms with Crippen molar-refractivity contribution >= 4 is 22.5 Å². The standard InChI is InChI=1S/C21H22FN3O3/c1-27-19-4-2-3-18-15(19)5-8-25(18)14-11-16(22)20(21(23)26)17(12-14)24-13-6-9-28-10-7-13/h2-5,8,11-13,24H,6-7,9-10H2,1H3,(H2,23,26).